The maximum Gasteiger partial charge on any atom is 0.189 e. The van der Waals surface area contributed by atoms with E-state index in [-0.39, 0.29) is 0 Å². The van der Waals surface area contributed by atoms with Crippen LogP contribution in [0, 0.1) is 0 Å². The van der Waals surface area contributed by atoms with Gasteiger partial charge in [0, 0.05) is 6.54 Å². The van der Waals surface area contributed by atoms with E-state index in [2.05, 4.69) is 10.4 Å². The summed E-state index contributed by atoms with van der Waals surface area (Å²) in [6, 6.07) is 9.98. The van der Waals surface area contributed by atoms with E-state index >= 15 is 0 Å². The average Bonchev–Trinajstić information content (AvgIpc) is 2.63. The summed E-state index contributed by atoms with van der Waals surface area (Å²) in [5.74, 6) is 0. The van der Waals surface area contributed by atoms with Crippen LogP contribution >= 0.6 is 12.2 Å². The molecule has 1 aliphatic rings. The molecule has 14 heavy (non-hydrogen) atoms. The molecule has 4 heteroatoms. The fourth-order valence-corrected chi connectivity index (χ4v) is 1.49. The zero-order chi connectivity index (χ0) is 9.80. The van der Waals surface area contributed by atoms with Crippen LogP contribution in [0.25, 0.3) is 0 Å². The minimum absolute atomic E-state index is 0.706. The zero-order valence-electron chi connectivity index (χ0n) is 7.68. The lowest BCUT2D eigenvalue weighted by Crippen LogP contribution is -2.22. The molecule has 0 saturated carbocycles. The van der Waals surface area contributed by atoms with Crippen molar-refractivity contribution in [2.75, 3.05) is 13.1 Å². The minimum Gasteiger partial charge on any atom is -0.359 e. The Kier molecular flexibility index (Phi) is 2.74. The van der Waals surface area contributed by atoms with E-state index in [1.807, 2.05) is 36.5 Å². The molecule has 0 spiro atoms. The first-order chi connectivity index (χ1) is 6.86. The van der Waals surface area contributed by atoms with Gasteiger partial charge in [-0.05, 0) is 17.8 Å². The van der Waals surface area contributed by atoms with Crippen molar-refractivity contribution in [1.82, 2.24) is 10.3 Å². The van der Waals surface area contributed by atoms with Crippen LogP contribution < -0.4 is 5.32 Å². The van der Waals surface area contributed by atoms with E-state index in [1.165, 1.54) is 0 Å². The van der Waals surface area contributed by atoms with Gasteiger partial charge in [-0.1, -0.05) is 30.3 Å². The number of hydrogen-bond acceptors (Lipinski definition) is 2. The van der Waals surface area contributed by atoms with Crippen LogP contribution in [0.15, 0.2) is 35.4 Å². The molecule has 1 aromatic rings. The molecule has 1 saturated heterocycles. The van der Waals surface area contributed by atoms with Crippen LogP contribution in [0.1, 0.15) is 5.56 Å². The van der Waals surface area contributed by atoms with Gasteiger partial charge in [0.25, 0.3) is 0 Å². The summed E-state index contributed by atoms with van der Waals surface area (Å²) in [5, 5.41) is 9.83. The molecule has 0 amide bonds. The molecular weight excluding hydrogens is 194 g/mol. The molecule has 0 aromatic heterocycles. The summed E-state index contributed by atoms with van der Waals surface area (Å²) in [7, 11) is 0. The average molecular weight is 205 g/mol. The Hall–Kier alpha value is -1.42. The van der Waals surface area contributed by atoms with Crippen LogP contribution in [0.4, 0.5) is 0 Å². The van der Waals surface area contributed by atoms with Gasteiger partial charge in [0.1, 0.15) is 0 Å². The van der Waals surface area contributed by atoms with Gasteiger partial charge in [-0.3, -0.25) is 0 Å². The highest BCUT2D eigenvalue weighted by Gasteiger charge is 2.13. The van der Waals surface area contributed by atoms with E-state index < -0.39 is 0 Å². The van der Waals surface area contributed by atoms with Crippen molar-refractivity contribution in [2.45, 2.75) is 0 Å². The van der Waals surface area contributed by atoms with Gasteiger partial charge in [-0.15, -0.1) is 0 Å². The van der Waals surface area contributed by atoms with E-state index in [4.69, 9.17) is 12.2 Å². The monoisotopic (exact) mass is 205 g/mol. The highest BCUT2D eigenvalue weighted by Crippen LogP contribution is 1.99. The first kappa shape index (κ1) is 9.15. The van der Waals surface area contributed by atoms with Gasteiger partial charge < -0.3 is 5.32 Å². The number of benzene rings is 1. The Labute approximate surface area is 88.4 Å². The Bertz CT molecular complexity index is 348. The normalized spacial score (nSPS) is 16.3. The van der Waals surface area contributed by atoms with Crippen LogP contribution in [0.2, 0.25) is 0 Å². The number of hydrazone groups is 1. The summed E-state index contributed by atoms with van der Waals surface area (Å²) in [5.41, 5.74) is 1.09. The maximum absolute atomic E-state index is 5.06. The second kappa shape index (κ2) is 4.19. The number of thiocarbonyl (C=S) groups is 1. The quantitative estimate of drug-likeness (QED) is 0.581. The number of nitrogens with zero attached hydrogens (tertiary/aromatic N) is 2. The summed E-state index contributed by atoms with van der Waals surface area (Å²) >= 11 is 5.06. The summed E-state index contributed by atoms with van der Waals surface area (Å²) in [6.07, 6.45) is 1.82. The molecule has 0 unspecified atom stereocenters. The van der Waals surface area contributed by atoms with Crippen molar-refractivity contribution in [3.63, 3.8) is 0 Å². The van der Waals surface area contributed by atoms with Gasteiger partial charge in [-0.2, -0.15) is 5.10 Å². The molecule has 72 valence electrons. The lowest BCUT2D eigenvalue weighted by atomic mass is 10.2. The second-order valence-electron chi connectivity index (χ2n) is 3.01. The number of hydrogen-bond donors (Lipinski definition) is 1. The van der Waals surface area contributed by atoms with Crippen LogP contribution in [0.5, 0.6) is 0 Å². The van der Waals surface area contributed by atoms with Crippen LogP contribution in [-0.2, 0) is 0 Å². The van der Waals surface area contributed by atoms with Crippen molar-refractivity contribution in [3.05, 3.63) is 35.9 Å². The third-order valence-electron chi connectivity index (χ3n) is 1.98. The molecule has 1 fully saturated rings. The molecule has 1 aromatic carbocycles. The van der Waals surface area contributed by atoms with Gasteiger partial charge >= 0.3 is 0 Å². The first-order valence-corrected chi connectivity index (χ1v) is 4.91. The van der Waals surface area contributed by atoms with Crippen LogP contribution in [-0.4, -0.2) is 29.4 Å². The molecule has 0 radical (unpaired) electrons. The minimum atomic E-state index is 0.706. The SMILES string of the molecule is S=C1NCCN1/N=C\c1ccccc1. The number of nitrogens with one attached hydrogen (secondary N) is 1. The Morgan fingerprint density at radius 2 is 2.14 bits per heavy atom. The predicted molar refractivity (Wildman–Crippen MR) is 61.3 cm³/mol. The van der Waals surface area contributed by atoms with Gasteiger partial charge in [0.15, 0.2) is 5.11 Å². The van der Waals surface area contributed by atoms with Crippen molar-refractivity contribution in [2.24, 2.45) is 5.10 Å². The van der Waals surface area contributed by atoms with Crippen molar-refractivity contribution < 1.29 is 0 Å². The third-order valence-corrected chi connectivity index (χ3v) is 2.34. The summed E-state index contributed by atoms with van der Waals surface area (Å²) < 4.78 is 0. The molecular formula is C10H11N3S. The summed E-state index contributed by atoms with van der Waals surface area (Å²) in [6.45, 7) is 1.73. The highest BCUT2D eigenvalue weighted by atomic mass is 32.1. The standard InChI is InChI=1S/C10H11N3S/c14-10-11-6-7-13(10)12-8-9-4-2-1-3-5-9/h1-5,8H,6-7H2,(H,11,14)/b12-8-. The molecule has 0 aliphatic carbocycles. The number of rotatable bonds is 2. The van der Waals surface area contributed by atoms with Crippen molar-refractivity contribution in [3.8, 4) is 0 Å². The van der Waals surface area contributed by atoms with Gasteiger partial charge in [-0.25, -0.2) is 5.01 Å². The zero-order valence-corrected chi connectivity index (χ0v) is 8.50. The maximum atomic E-state index is 5.06. The molecule has 1 aliphatic heterocycles. The van der Waals surface area contributed by atoms with E-state index in [1.54, 1.807) is 5.01 Å². The van der Waals surface area contributed by atoms with Crippen LogP contribution in [0.3, 0.4) is 0 Å². The lowest BCUT2D eigenvalue weighted by molar-refractivity contribution is 0.505. The van der Waals surface area contributed by atoms with E-state index in [0.717, 1.165) is 18.7 Å². The van der Waals surface area contributed by atoms with Crippen molar-refractivity contribution >= 4 is 23.5 Å². The molecule has 1 heterocycles. The van der Waals surface area contributed by atoms with Crippen molar-refractivity contribution in [1.29, 1.82) is 0 Å². The summed E-state index contributed by atoms with van der Waals surface area (Å²) in [4.78, 5) is 0. The molecule has 0 atom stereocenters. The first-order valence-electron chi connectivity index (χ1n) is 4.51. The fraction of sp³-hybridized carbons (Fsp3) is 0.200. The Morgan fingerprint density at radius 1 is 1.36 bits per heavy atom. The Balaban J connectivity index is 2.03. The highest BCUT2D eigenvalue weighted by molar-refractivity contribution is 7.80. The molecule has 0 bridgehead atoms. The predicted octanol–water partition coefficient (Wildman–Crippen LogP) is 1.21. The van der Waals surface area contributed by atoms with E-state index in [0.29, 0.717) is 5.11 Å². The largest absolute Gasteiger partial charge is 0.359 e. The molecule has 2 rings (SSSR count). The molecule has 3 nitrogen and oxygen atoms in total. The van der Waals surface area contributed by atoms with E-state index in [9.17, 15) is 0 Å². The Morgan fingerprint density at radius 3 is 2.79 bits per heavy atom. The van der Waals surface area contributed by atoms with Gasteiger partial charge in [0.05, 0.1) is 12.8 Å². The second-order valence-corrected chi connectivity index (χ2v) is 3.40. The fourth-order valence-electron chi connectivity index (χ4n) is 1.25. The topological polar surface area (TPSA) is 27.6 Å². The smallest absolute Gasteiger partial charge is 0.189 e. The third kappa shape index (κ3) is 2.09. The molecule has 1 N–H and O–H groups in total. The van der Waals surface area contributed by atoms with Gasteiger partial charge in [0.2, 0.25) is 0 Å². The lowest BCUT2D eigenvalue weighted by Gasteiger charge is -2.07.